The second-order valence-corrected chi connectivity index (χ2v) is 5.19. The molecule has 19 heavy (non-hydrogen) atoms. The number of hydrogen-bond donors (Lipinski definition) is 0. The number of nitrogens with zero attached hydrogens (tertiary/aromatic N) is 4. The van der Waals surface area contributed by atoms with Crippen molar-refractivity contribution in [2.24, 2.45) is 7.05 Å². The van der Waals surface area contributed by atoms with Crippen molar-refractivity contribution in [2.45, 2.75) is 31.7 Å². The molecule has 0 radical (unpaired) electrons. The van der Waals surface area contributed by atoms with Crippen molar-refractivity contribution in [3.05, 3.63) is 12.3 Å². The summed E-state index contributed by atoms with van der Waals surface area (Å²) >= 11 is 0. The molecule has 2 aliphatic rings. The van der Waals surface area contributed by atoms with Crippen LogP contribution in [0.3, 0.4) is 0 Å². The van der Waals surface area contributed by atoms with E-state index in [1.165, 1.54) is 0 Å². The third-order valence-electron chi connectivity index (χ3n) is 3.90. The average Bonchev–Trinajstić information content (AvgIpc) is 2.80. The molecule has 6 nitrogen and oxygen atoms in total. The van der Waals surface area contributed by atoms with Gasteiger partial charge in [-0.2, -0.15) is 5.10 Å². The van der Waals surface area contributed by atoms with Gasteiger partial charge in [0.05, 0.1) is 0 Å². The highest BCUT2D eigenvalue weighted by atomic mass is 16.2. The largest absolute Gasteiger partial charge is 0.331 e. The third kappa shape index (κ3) is 2.11. The van der Waals surface area contributed by atoms with E-state index in [0.717, 1.165) is 19.3 Å². The summed E-state index contributed by atoms with van der Waals surface area (Å²) in [5, 5.41) is 4.28. The lowest BCUT2D eigenvalue weighted by Gasteiger charge is -2.33. The topological polar surface area (TPSA) is 58.4 Å². The van der Waals surface area contributed by atoms with Crippen molar-refractivity contribution < 1.29 is 9.59 Å². The molecular formula is C13H18N4O2. The molecule has 2 fully saturated rings. The maximum atomic E-state index is 12.6. The van der Waals surface area contributed by atoms with Gasteiger partial charge < -0.3 is 4.90 Å². The molecule has 0 aliphatic carbocycles. The van der Waals surface area contributed by atoms with Gasteiger partial charge in [-0.15, -0.1) is 0 Å². The number of anilines is 1. The highest BCUT2D eigenvalue weighted by Gasteiger charge is 2.38. The van der Waals surface area contributed by atoms with Crippen molar-refractivity contribution in [1.82, 2.24) is 14.7 Å². The molecule has 2 amide bonds. The summed E-state index contributed by atoms with van der Waals surface area (Å²) < 4.78 is 1.67. The minimum Gasteiger partial charge on any atom is -0.331 e. The van der Waals surface area contributed by atoms with Gasteiger partial charge in [0.2, 0.25) is 5.91 Å². The predicted molar refractivity (Wildman–Crippen MR) is 69.5 cm³/mol. The van der Waals surface area contributed by atoms with Crippen LogP contribution in [0, 0.1) is 0 Å². The average molecular weight is 262 g/mol. The molecule has 3 heterocycles. The van der Waals surface area contributed by atoms with Crippen LogP contribution in [0.1, 0.15) is 25.7 Å². The standard InChI is InChI=1S/C13H18N4O2/c1-15-8-5-11(14-15)17-9-6-12(18)16-7-3-2-4-10(16)13(17)19/h5,8,10H,2-4,6-7,9H2,1H3. The van der Waals surface area contributed by atoms with Crippen LogP contribution in [0.2, 0.25) is 0 Å². The van der Waals surface area contributed by atoms with Crippen molar-refractivity contribution in [2.75, 3.05) is 18.0 Å². The van der Waals surface area contributed by atoms with Crippen molar-refractivity contribution >= 4 is 17.6 Å². The fourth-order valence-electron chi connectivity index (χ4n) is 2.90. The lowest BCUT2D eigenvalue weighted by Crippen LogP contribution is -2.50. The molecule has 2 aliphatic heterocycles. The van der Waals surface area contributed by atoms with Crippen LogP contribution >= 0.6 is 0 Å². The molecule has 1 aromatic heterocycles. The first-order valence-corrected chi connectivity index (χ1v) is 6.77. The highest BCUT2D eigenvalue weighted by Crippen LogP contribution is 2.25. The second-order valence-electron chi connectivity index (χ2n) is 5.19. The Bertz CT molecular complexity index is 510. The Morgan fingerprint density at radius 1 is 1.26 bits per heavy atom. The Kier molecular flexibility index (Phi) is 3.00. The molecule has 0 bridgehead atoms. The molecule has 1 atom stereocenters. The first-order valence-electron chi connectivity index (χ1n) is 6.77. The van der Waals surface area contributed by atoms with Crippen LogP contribution in [0.25, 0.3) is 0 Å². The van der Waals surface area contributed by atoms with Crippen LogP contribution in [-0.4, -0.2) is 45.6 Å². The molecule has 6 heteroatoms. The number of rotatable bonds is 1. The number of carbonyl (C=O) groups excluding carboxylic acids is 2. The van der Waals surface area contributed by atoms with Crippen LogP contribution in [-0.2, 0) is 16.6 Å². The summed E-state index contributed by atoms with van der Waals surface area (Å²) in [6.45, 7) is 1.15. The zero-order valence-electron chi connectivity index (χ0n) is 11.1. The summed E-state index contributed by atoms with van der Waals surface area (Å²) in [6, 6.07) is 1.53. The van der Waals surface area contributed by atoms with Crippen LogP contribution in [0.15, 0.2) is 12.3 Å². The van der Waals surface area contributed by atoms with Gasteiger partial charge in [0.15, 0.2) is 5.82 Å². The lowest BCUT2D eigenvalue weighted by molar-refractivity contribution is -0.139. The van der Waals surface area contributed by atoms with Crippen molar-refractivity contribution in [3.63, 3.8) is 0 Å². The second kappa shape index (κ2) is 4.68. The van der Waals surface area contributed by atoms with E-state index < -0.39 is 0 Å². The molecule has 0 saturated carbocycles. The van der Waals surface area contributed by atoms with E-state index in [1.807, 2.05) is 19.3 Å². The first-order chi connectivity index (χ1) is 9.16. The smallest absolute Gasteiger partial charge is 0.251 e. The molecule has 1 unspecified atom stereocenters. The van der Waals surface area contributed by atoms with Crippen molar-refractivity contribution in [3.8, 4) is 0 Å². The molecule has 0 spiro atoms. The van der Waals surface area contributed by atoms with Crippen LogP contribution < -0.4 is 4.90 Å². The van der Waals surface area contributed by atoms with E-state index in [1.54, 1.807) is 14.5 Å². The van der Waals surface area contributed by atoms with E-state index in [4.69, 9.17) is 0 Å². The third-order valence-corrected chi connectivity index (χ3v) is 3.90. The number of hydrogen-bond acceptors (Lipinski definition) is 3. The van der Waals surface area contributed by atoms with E-state index in [-0.39, 0.29) is 17.9 Å². The van der Waals surface area contributed by atoms with Crippen LogP contribution in [0.4, 0.5) is 5.82 Å². The number of carbonyl (C=O) groups is 2. The number of aromatic nitrogens is 2. The van der Waals surface area contributed by atoms with Gasteiger partial charge in [-0.25, -0.2) is 0 Å². The summed E-state index contributed by atoms with van der Waals surface area (Å²) in [5.74, 6) is 0.758. The van der Waals surface area contributed by atoms with Gasteiger partial charge in [-0.1, -0.05) is 0 Å². The van der Waals surface area contributed by atoms with Gasteiger partial charge in [-0.05, 0) is 19.3 Å². The SMILES string of the molecule is Cn1ccc(N2CCC(=O)N3CCCCC3C2=O)n1. The molecular weight excluding hydrogens is 244 g/mol. The molecule has 0 aromatic carbocycles. The number of aryl methyl sites for hydroxylation is 1. The minimum absolute atomic E-state index is 0.0178. The Hall–Kier alpha value is -1.85. The van der Waals surface area contributed by atoms with Crippen LogP contribution in [0.5, 0.6) is 0 Å². The van der Waals surface area contributed by atoms with E-state index in [2.05, 4.69) is 5.10 Å². The summed E-state index contributed by atoms with van der Waals surface area (Å²) in [6.07, 6.45) is 4.98. The molecule has 102 valence electrons. The van der Waals surface area contributed by atoms with E-state index in [0.29, 0.717) is 25.3 Å². The Morgan fingerprint density at radius 3 is 2.84 bits per heavy atom. The molecule has 0 N–H and O–H groups in total. The minimum atomic E-state index is -0.286. The number of fused-ring (bicyclic) bond motifs is 1. The fraction of sp³-hybridized carbons (Fsp3) is 0.615. The zero-order valence-corrected chi connectivity index (χ0v) is 11.1. The summed E-state index contributed by atoms with van der Waals surface area (Å²) in [7, 11) is 1.82. The maximum Gasteiger partial charge on any atom is 0.251 e. The molecule has 1 aromatic rings. The van der Waals surface area contributed by atoms with E-state index in [9.17, 15) is 9.59 Å². The van der Waals surface area contributed by atoms with Gasteiger partial charge in [0.1, 0.15) is 6.04 Å². The Labute approximate surface area is 112 Å². The van der Waals surface area contributed by atoms with E-state index >= 15 is 0 Å². The summed E-state index contributed by atoms with van der Waals surface area (Å²) in [4.78, 5) is 28.1. The number of piperidine rings is 1. The lowest BCUT2D eigenvalue weighted by atomic mass is 10.0. The van der Waals surface area contributed by atoms with Gasteiger partial charge in [0.25, 0.3) is 5.91 Å². The molecule has 2 saturated heterocycles. The maximum absolute atomic E-state index is 12.6. The monoisotopic (exact) mass is 262 g/mol. The highest BCUT2D eigenvalue weighted by molar-refractivity contribution is 6.00. The van der Waals surface area contributed by atoms with Gasteiger partial charge in [0, 0.05) is 38.8 Å². The fourth-order valence-corrected chi connectivity index (χ4v) is 2.90. The molecule has 3 rings (SSSR count). The first kappa shape index (κ1) is 12.2. The summed E-state index contributed by atoms with van der Waals surface area (Å²) in [5.41, 5.74) is 0. The van der Waals surface area contributed by atoms with Gasteiger partial charge >= 0.3 is 0 Å². The quantitative estimate of drug-likeness (QED) is 0.742. The normalized spacial score (nSPS) is 24.4. The van der Waals surface area contributed by atoms with Crippen molar-refractivity contribution in [1.29, 1.82) is 0 Å². The Morgan fingerprint density at radius 2 is 2.11 bits per heavy atom. The predicted octanol–water partition coefficient (Wildman–Crippen LogP) is 0.538. The zero-order chi connectivity index (χ0) is 13.4. The Balaban J connectivity index is 1.90. The number of amides is 2. The van der Waals surface area contributed by atoms with Gasteiger partial charge in [-0.3, -0.25) is 19.2 Å².